The van der Waals surface area contributed by atoms with Crippen molar-refractivity contribution in [3.63, 3.8) is 0 Å². The van der Waals surface area contributed by atoms with Crippen LogP contribution >= 0.6 is 0 Å². The molecule has 0 saturated heterocycles. The summed E-state index contributed by atoms with van der Waals surface area (Å²) in [4.78, 5) is 0. The first-order valence-corrected chi connectivity index (χ1v) is 5.79. The summed E-state index contributed by atoms with van der Waals surface area (Å²) in [6, 6.07) is 21.2. The molecule has 0 bridgehead atoms. The van der Waals surface area contributed by atoms with Gasteiger partial charge in [0, 0.05) is 17.7 Å². The zero-order valence-corrected chi connectivity index (χ0v) is 9.80. The van der Waals surface area contributed by atoms with Crippen molar-refractivity contribution < 1.29 is 4.57 Å². The summed E-state index contributed by atoms with van der Waals surface area (Å²) < 4.78 is 2.15. The van der Waals surface area contributed by atoms with Crippen molar-refractivity contribution in [3.8, 4) is 11.1 Å². The second-order valence-corrected chi connectivity index (χ2v) is 4.22. The molecule has 17 heavy (non-hydrogen) atoms. The van der Waals surface area contributed by atoms with Crippen molar-refractivity contribution in [1.82, 2.24) is 0 Å². The van der Waals surface area contributed by atoms with Gasteiger partial charge in [-0.25, -0.2) is 4.57 Å². The number of fused-ring (bicyclic) bond motifs is 1. The molecule has 0 fully saturated rings. The topological polar surface area (TPSA) is 3.88 Å². The van der Waals surface area contributed by atoms with Gasteiger partial charge in [0.1, 0.15) is 7.05 Å². The molecule has 0 unspecified atom stereocenters. The molecule has 1 heteroatoms. The molecule has 0 amide bonds. The van der Waals surface area contributed by atoms with Crippen LogP contribution in [-0.4, -0.2) is 0 Å². The van der Waals surface area contributed by atoms with Crippen LogP contribution in [0.1, 0.15) is 0 Å². The molecule has 0 atom stereocenters. The van der Waals surface area contributed by atoms with Crippen molar-refractivity contribution in [3.05, 3.63) is 66.9 Å². The molecule has 0 radical (unpaired) electrons. The third-order valence-electron chi connectivity index (χ3n) is 3.12. The predicted molar refractivity (Wildman–Crippen MR) is 70.6 cm³/mol. The van der Waals surface area contributed by atoms with E-state index in [1.165, 1.54) is 22.0 Å². The van der Waals surface area contributed by atoms with E-state index in [-0.39, 0.29) is 0 Å². The highest BCUT2D eigenvalue weighted by molar-refractivity contribution is 5.92. The molecule has 1 heterocycles. The summed E-state index contributed by atoms with van der Waals surface area (Å²) in [7, 11) is 2.08. The van der Waals surface area contributed by atoms with Crippen LogP contribution in [0.5, 0.6) is 0 Å². The Balaban J connectivity index is 2.35. The van der Waals surface area contributed by atoms with Crippen LogP contribution in [0.3, 0.4) is 0 Å². The van der Waals surface area contributed by atoms with Crippen LogP contribution in [0, 0.1) is 0 Å². The van der Waals surface area contributed by atoms with E-state index in [0.29, 0.717) is 0 Å². The third-order valence-corrected chi connectivity index (χ3v) is 3.12. The van der Waals surface area contributed by atoms with Crippen molar-refractivity contribution in [2.75, 3.05) is 0 Å². The molecular weight excluding hydrogens is 206 g/mol. The number of para-hydroxylation sites is 1. The Morgan fingerprint density at radius 3 is 2.29 bits per heavy atom. The van der Waals surface area contributed by atoms with E-state index < -0.39 is 0 Å². The molecule has 0 spiro atoms. The fourth-order valence-electron chi connectivity index (χ4n) is 2.23. The van der Waals surface area contributed by atoms with Gasteiger partial charge in [-0.15, -0.1) is 0 Å². The van der Waals surface area contributed by atoms with Gasteiger partial charge in [-0.2, -0.15) is 0 Å². The van der Waals surface area contributed by atoms with Crippen LogP contribution in [0.4, 0.5) is 0 Å². The number of aromatic nitrogens is 1. The SMILES string of the molecule is C[n+]1ccc(-c2ccccc2)c2ccccc21. The highest BCUT2D eigenvalue weighted by atomic mass is 14.9. The van der Waals surface area contributed by atoms with Crippen LogP contribution in [0.15, 0.2) is 66.9 Å². The molecule has 1 nitrogen and oxygen atoms in total. The number of hydrogen-bond acceptors (Lipinski definition) is 0. The predicted octanol–water partition coefficient (Wildman–Crippen LogP) is 3.33. The molecule has 0 aliphatic rings. The lowest BCUT2D eigenvalue weighted by molar-refractivity contribution is -0.644. The molecule has 0 aliphatic heterocycles. The first-order valence-electron chi connectivity index (χ1n) is 5.79. The summed E-state index contributed by atoms with van der Waals surface area (Å²) in [6.07, 6.45) is 2.12. The van der Waals surface area contributed by atoms with Crippen LogP contribution < -0.4 is 4.57 Å². The fraction of sp³-hybridized carbons (Fsp3) is 0.0625. The van der Waals surface area contributed by atoms with E-state index in [2.05, 4.69) is 78.5 Å². The van der Waals surface area contributed by atoms with Gasteiger partial charge < -0.3 is 0 Å². The average molecular weight is 220 g/mol. The largest absolute Gasteiger partial charge is 0.212 e. The van der Waals surface area contributed by atoms with E-state index in [1.807, 2.05) is 0 Å². The van der Waals surface area contributed by atoms with Crippen molar-refractivity contribution in [2.24, 2.45) is 7.05 Å². The fourth-order valence-corrected chi connectivity index (χ4v) is 2.23. The molecular formula is C16H14N+. The molecule has 82 valence electrons. The van der Waals surface area contributed by atoms with Gasteiger partial charge in [0.05, 0.1) is 5.39 Å². The van der Waals surface area contributed by atoms with Gasteiger partial charge in [0.15, 0.2) is 6.20 Å². The minimum absolute atomic E-state index is 1.26. The molecule has 1 aromatic heterocycles. The highest BCUT2D eigenvalue weighted by Gasteiger charge is 2.09. The van der Waals surface area contributed by atoms with Gasteiger partial charge in [0.2, 0.25) is 5.52 Å². The molecule has 3 rings (SSSR count). The summed E-state index contributed by atoms with van der Waals surface area (Å²) in [6.45, 7) is 0. The first kappa shape index (κ1) is 10.0. The van der Waals surface area contributed by atoms with Crippen molar-refractivity contribution in [1.29, 1.82) is 0 Å². The van der Waals surface area contributed by atoms with Crippen molar-refractivity contribution in [2.45, 2.75) is 0 Å². The van der Waals surface area contributed by atoms with E-state index in [0.717, 1.165) is 0 Å². The average Bonchev–Trinajstić information content (AvgIpc) is 2.41. The molecule has 0 saturated carbocycles. The molecule has 2 aromatic carbocycles. The monoisotopic (exact) mass is 220 g/mol. The summed E-state index contributed by atoms with van der Waals surface area (Å²) in [5, 5.41) is 1.30. The lowest BCUT2D eigenvalue weighted by atomic mass is 10.0. The van der Waals surface area contributed by atoms with Crippen molar-refractivity contribution >= 4 is 10.9 Å². The lowest BCUT2D eigenvalue weighted by Crippen LogP contribution is -2.28. The second kappa shape index (κ2) is 4.02. The lowest BCUT2D eigenvalue weighted by Gasteiger charge is -2.04. The molecule has 0 N–H and O–H groups in total. The maximum absolute atomic E-state index is 2.18. The van der Waals surface area contributed by atoms with E-state index in [9.17, 15) is 0 Å². The standard InChI is InChI=1S/C16H14N/c1-17-12-11-14(13-7-3-2-4-8-13)15-9-5-6-10-16(15)17/h2-12H,1H3/q+1. The summed E-state index contributed by atoms with van der Waals surface area (Å²) in [5.74, 6) is 0. The van der Waals surface area contributed by atoms with E-state index in [1.54, 1.807) is 0 Å². The number of pyridine rings is 1. The molecule has 3 aromatic rings. The Kier molecular flexibility index (Phi) is 2.37. The first-order chi connectivity index (χ1) is 8.36. The Morgan fingerprint density at radius 2 is 1.47 bits per heavy atom. The number of hydrogen-bond donors (Lipinski definition) is 0. The van der Waals surface area contributed by atoms with Crippen LogP contribution in [0.2, 0.25) is 0 Å². The number of benzene rings is 2. The normalized spacial score (nSPS) is 10.6. The second-order valence-electron chi connectivity index (χ2n) is 4.22. The maximum Gasteiger partial charge on any atom is 0.212 e. The quantitative estimate of drug-likeness (QED) is 0.554. The zero-order valence-electron chi connectivity index (χ0n) is 9.80. The minimum atomic E-state index is 1.26. The molecule has 0 aliphatic carbocycles. The number of nitrogens with zero attached hydrogens (tertiary/aromatic N) is 1. The number of rotatable bonds is 1. The van der Waals surface area contributed by atoms with Crippen LogP contribution in [0.25, 0.3) is 22.0 Å². The van der Waals surface area contributed by atoms with Gasteiger partial charge >= 0.3 is 0 Å². The minimum Gasteiger partial charge on any atom is -0.201 e. The van der Waals surface area contributed by atoms with Crippen LogP contribution in [-0.2, 0) is 7.05 Å². The van der Waals surface area contributed by atoms with E-state index in [4.69, 9.17) is 0 Å². The third kappa shape index (κ3) is 1.70. The Morgan fingerprint density at radius 1 is 0.765 bits per heavy atom. The van der Waals surface area contributed by atoms with Gasteiger partial charge in [0.25, 0.3) is 0 Å². The maximum atomic E-state index is 2.18. The highest BCUT2D eigenvalue weighted by Crippen LogP contribution is 2.25. The van der Waals surface area contributed by atoms with Gasteiger partial charge in [-0.05, 0) is 11.6 Å². The number of aryl methyl sites for hydroxylation is 1. The van der Waals surface area contributed by atoms with Gasteiger partial charge in [-0.1, -0.05) is 42.5 Å². The zero-order chi connectivity index (χ0) is 11.7. The summed E-state index contributed by atoms with van der Waals surface area (Å²) >= 11 is 0. The Bertz CT molecular complexity index is 657. The van der Waals surface area contributed by atoms with Gasteiger partial charge in [-0.3, -0.25) is 0 Å². The van der Waals surface area contributed by atoms with E-state index >= 15 is 0 Å². The Labute approximate surface area is 101 Å². The Hall–Kier alpha value is -2.15. The smallest absolute Gasteiger partial charge is 0.201 e. The summed E-state index contributed by atoms with van der Waals surface area (Å²) in [5.41, 5.74) is 3.82.